The molecule has 0 bridgehead atoms. The van der Waals surface area contributed by atoms with Gasteiger partial charge in [0, 0.05) is 0 Å². The minimum absolute atomic E-state index is 0.0435. The Morgan fingerprint density at radius 1 is 1.64 bits per heavy atom. The lowest BCUT2D eigenvalue weighted by molar-refractivity contribution is -0.141. The first-order valence-electron chi connectivity index (χ1n) is 2.91. The monoisotopic (exact) mass is 216 g/mol. The molecule has 0 radical (unpaired) electrons. The van der Waals surface area contributed by atoms with Crippen molar-refractivity contribution in [2.45, 2.75) is 12.3 Å². The van der Waals surface area contributed by atoms with Gasteiger partial charge < -0.3 is 4.74 Å². The van der Waals surface area contributed by atoms with E-state index in [-0.39, 0.29) is 11.1 Å². The van der Waals surface area contributed by atoms with Crippen LogP contribution in [0.4, 0.5) is 0 Å². The Balaban J connectivity index is 3.93. The average Bonchev–Trinajstić information content (AvgIpc) is 1.86. The van der Waals surface area contributed by atoms with Crippen molar-refractivity contribution in [1.29, 1.82) is 0 Å². The van der Waals surface area contributed by atoms with Crippen molar-refractivity contribution in [1.82, 2.24) is 0 Å². The molecule has 0 aliphatic rings. The first-order valence-corrected chi connectivity index (χ1v) is 4.10. The lowest BCUT2D eigenvalue weighted by atomic mass is 10.4. The van der Waals surface area contributed by atoms with Crippen LogP contribution in [-0.4, -0.2) is 18.0 Å². The Hall–Kier alpha value is 0.0800. The van der Waals surface area contributed by atoms with Gasteiger partial charge in [0.1, 0.15) is 4.49 Å². The molecular formula is C6H7Cl3O2. The minimum Gasteiger partial charge on any atom is -0.465 e. The normalized spacial score (nSPS) is 12.0. The summed E-state index contributed by atoms with van der Waals surface area (Å²) in [6.45, 7) is 1.98. The molecule has 0 aromatic heterocycles. The fraction of sp³-hybridized carbons (Fsp3) is 0.500. The maximum Gasteiger partial charge on any atom is 0.328 e. The highest BCUT2D eigenvalue weighted by molar-refractivity contribution is 6.56. The van der Waals surface area contributed by atoms with Crippen LogP contribution in [0.5, 0.6) is 0 Å². The van der Waals surface area contributed by atoms with E-state index in [4.69, 9.17) is 34.8 Å². The lowest BCUT2D eigenvalue weighted by Crippen LogP contribution is -2.15. The van der Waals surface area contributed by atoms with Crippen molar-refractivity contribution in [3.8, 4) is 0 Å². The number of halogens is 3. The van der Waals surface area contributed by atoms with E-state index in [1.165, 1.54) is 6.08 Å². The molecule has 0 N–H and O–H groups in total. The number of rotatable bonds is 3. The number of alkyl halides is 1. The second-order valence-corrected chi connectivity index (χ2v) is 3.09. The molecule has 2 nitrogen and oxygen atoms in total. The fourth-order valence-corrected chi connectivity index (χ4v) is 0.970. The van der Waals surface area contributed by atoms with Crippen LogP contribution in [0.25, 0.3) is 0 Å². The number of ether oxygens (including phenoxy) is 1. The van der Waals surface area contributed by atoms with Gasteiger partial charge in [-0.2, -0.15) is 0 Å². The molecule has 0 heterocycles. The van der Waals surface area contributed by atoms with Gasteiger partial charge in [0.2, 0.25) is 0 Å². The van der Waals surface area contributed by atoms with E-state index in [1.807, 2.05) is 0 Å². The smallest absolute Gasteiger partial charge is 0.328 e. The van der Waals surface area contributed by atoms with E-state index in [2.05, 4.69) is 4.74 Å². The first kappa shape index (κ1) is 11.1. The van der Waals surface area contributed by atoms with Gasteiger partial charge in [-0.05, 0) is 13.0 Å². The summed E-state index contributed by atoms with van der Waals surface area (Å²) in [5, 5.41) is -0.903. The zero-order chi connectivity index (χ0) is 8.85. The zero-order valence-electron chi connectivity index (χ0n) is 5.81. The summed E-state index contributed by atoms with van der Waals surface area (Å²) in [6.07, 6.45) is 1.20. The summed E-state index contributed by atoms with van der Waals surface area (Å²) >= 11 is 16.0. The molecule has 0 aliphatic carbocycles. The van der Waals surface area contributed by atoms with E-state index in [9.17, 15) is 4.79 Å². The van der Waals surface area contributed by atoms with Gasteiger partial charge in [-0.15, -0.1) is 11.6 Å². The van der Waals surface area contributed by atoms with Gasteiger partial charge in [0.25, 0.3) is 0 Å². The molecule has 0 rings (SSSR count). The Bertz CT molecular complexity index is 163. The molecule has 0 amide bonds. The summed E-state index contributed by atoms with van der Waals surface area (Å²) in [6, 6.07) is 0. The number of carbonyl (C=O) groups is 1. The summed E-state index contributed by atoms with van der Waals surface area (Å²) in [4.78, 5) is 10.8. The minimum atomic E-state index is -0.903. The molecule has 0 saturated heterocycles. The van der Waals surface area contributed by atoms with Crippen molar-refractivity contribution in [2.24, 2.45) is 0 Å². The highest BCUT2D eigenvalue weighted by atomic mass is 35.5. The van der Waals surface area contributed by atoms with Gasteiger partial charge in [0.15, 0.2) is 5.38 Å². The number of carbonyl (C=O) groups excluding carboxylic acids is 1. The van der Waals surface area contributed by atoms with Crippen LogP contribution in [0.2, 0.25) is 0 Å². The fourth-order valence-electron chi connectivity index (χ4n) is 0.401. The van der Waals surface area contributed by atoms with Crippen molar-refractivity contribution < 1.29 is 9.53 Å². The molecule has 0 spiro atoms. The average molecular weight is 217 g/mol. The SMILES string of the molecule is CCOC(=O)C(Cl)C=C(Cl)Cl. The van der Waals surface area contributed by atoms with E-state index < -0.39 is 11.3 Å². The molecule has 0 aromatic rings. The van der Waals surface area contributed by atoms with Crippen molar-refractivity contribution in [2.75, 3.05) is 6.61 Å². The van der Waals surface area contributed by atoms with E-state index >= 15 is 0 Å². The first-order chi connectivity index (χ1) is 5.07. The van der Waals surface area contributed by atoms with Gasteiger partial charge in [0.05, 0.1) is 6.61 Å². The van der Waals surface area contributed by atoms with Crippen LogP contribution < -0.4 is 0 Å². The molecule has 0 fully saturated rings. The van der Waals surface area contributed by atoms with Crippen molar-refractivity contribution >= 4 is 40.8 Å². The topological polar surface area (TPSA) is 26.3 Å². The van der Waals surface area contributed by atoms with Crippen LogP contribution in [0.15, 0.2) is 10.6 Å². The summed E-state index contributed by atoms with van der Waals surface area (Å²) in [5.74, 6) is -0.548. The predicted octanol–water partition coefficient (Wildman–Crippen LogP) is 2.48. The third kappa shape index (κ3) is 5.36. The molecule has 5 heteroatoms. The zero-order valence-corrected chi connectivity index (χ0v) is 8.08. The van der Waals surface area contributed by atoms with Crippen LogP contribution in [-0.2, 0) is 9.53 Å². The Morgan fingerprint density at radius 3 is 2.55 bits per heavy atom. The molecule has 1 unspecified atom stereocenters. The summed E-state index contributed by atoms with van der Waals surface area (Å²) in [5.41, 5.74) is 0. The molecule has 0 saturated carbocycles. The quantitative estimate of drug-likeness (QED) is 0.536. The third-order valence-corrected chi connectivity index (χ3v) is 1.34. The van der Waals surface area contributed by atoms with Crippen molar-refractivity contribution in [3.63, 3.8) is 0 Å². The molecule has 64 valence electrons. The second kappa shape index (κ2) is 5.70. The number of hydrogen-bond acceptors (Lipinski definition) is 2. The Labute approximate surface area is 80.1 Å². The van der Waals surface area contributed by atoms with Crippen LogP contribution in [0, 0.1) is 0 Å². The molecule has 11 heavy (non-hydrogen) atoms. The van der Waals surface area contributed by atoms with Crippen molar-refractivity contribution in [3.05, 3.63) is 10.6 Å². The predicted molar refractivity (Wildman–Crippen MR) is 46.1 cm³/mol. The standard InChI is InChI=1S/C6H7Cl3O2/c1-2-11-6(10)4(7)3-5(8)9/h3-4H,2H2,1H3. The largest absolute Gasteiger partial charge is 0.465 e. The van der Waals surface area contributed by atoms with Gasteiger partial charge >= 0.3 is 5.97 Å². The van der Waals surface area contributed by atoms with Crippen LogP contribution >= 0.6 is 34.8 Å². The lowest BCUT2D eigenvalue weighted by Gasteiger charge is -2.02. The van der Waals surface area contributed by atoms with Gasteiger partial charge in [-0.25, -0.2) is 0 Å². The Morgan fingerprint density at radius 2 is 2.18 bits per heavy atom. The van der Waals surface area contributed by atoms with E-state index in [0.717, 1.165) is 0 Å². The van der Waals surface area contributed by atoms with Crippen LogP contribution in [0.1, 0.15) is 6.92 Å². The highest BCUT2D eigenvalue weighted by Gasteiger charge is 2.13. The third-order valence-electron chi connectivity index (χ3n) is 0.784. The second-order valence-electron chi connectivity index (χ2n) is 1.61. The van der Waals surface area contributed by atoms with Gasteiger partial charge in [-0.1, -0.05) is 23.2 Å². The van der Waals surface area contributed by atoms with Gasteiger partial charge in [-0.3, -0.25) is 4.79 Å². The number of esters is 1. The molecule has 0 aliphatic heterocycles. The maximum absolute atomic E-state index is 10.8. The molecular weight excluding hydrogens is 210 g/mol. The van der Waals surface area contributed by atoms with E-state index in [1.54, 1.807) is 6.92 Å². The summed E-state index contributed by atoms with van der Waals surface area (Å²) < 4.78 is 4.53. The molecule has 0 aromatic carbocycles. The highest BCUT2D eigenvalue weighted by Crippen LogP contribution is 2.11. The number of hydrogen-bond donors (Lipinski definition) is 0. The Kier molecular flexibility index (Phi) is 5.74. The molecule has 1 atom stereocenters. The van der Waals surface area contributed by atoms with Crippen LogP contribution in [0.3, 0.4) is 0 Å². The van der Waals surface area contributed by atoms with E-state index in [0.29, 0.717) is 0 Å². The maximum atomic E-state index is 10.8. The summed E-state index contributed by atoms with van der Waals surface area (Å²) in [7, 11) is 0.